The summed E-state index contributed by atoms with van der Waals surface area (Å²) in [4.78, 5) is 12.4. The number of nitrogens with one attached hydrogen (secondary N) is 2. The zero-order chi connectivity index (χ0) is 18.4. The van der Waals surface area contributed by atoms with Crippen LogP contribution >= 0.6 is 12.2 Å². The van der Waals surface area contributed by atoms with Crippen molar-refractivity contribution in [2.24, 2.45) is 0 Å². The molecule has 0 spiro atoms. The molecule has 3 aromatic carbocycles. The highest BCUT2D eigenvalue weighted by Gasteiger charge is 2.11. The lowest BCUT2D eigenvalue weighted by atomic mass is 10.0. The van der Waals surface area contributed by atoms with Crippen molar-refractivity contribution >= 4 is 23.2 Å². The highest BCUT2D eigenvalue weighted by Crippen LogP contribution is 2.19. The molecule has 0 aliphatic carbocycles. The largest absolute Gasteiger partial charge is 0.356 e. The van der Waals surface area contributed by atoms with Crippen molar-refractivity contribution < 1.29 is 4.79 Å². The van der Waals surface area contributed by atoms with Crippen LogP contribution in [0.5, 0.6) is 0 Å². The number of hydrogen-bond donors (Lipinski definition) is 2. The first kappa shape index (κ1) is 17.8. The predicted molar refractivity (Wildman–Crippen MR) is 110 cm³/mol. The van der Waals surface area contributed by atoms with E-state index in [1.807, 2.05) is 79.7 Å². The van der Waals surface area contributed by atoms with E-state index in [0.717, 1.165) is 16.7 Å². The van der Waals surface area contributed by atoms with E-state index in [9.17, 15) is 4.79 Å². The van der Waals surface area contributed by atoms with Crippen LogP contribution in [0.3, 0.4) is 0 Å². The second-order valence-corrected chi connectivity index (χ2v) is 6.41. The topological polar surface area (TPSA) is 41.1 Å². The Morgan fingerprint density at radius 1 is 0.808 bits per heavy atom. The molecule has 1 unspecified atom stereocenters. The van der Waals surface area contributed by atoms with Crippen LogP contribution in [0.2, 0.25) is 0 Å². The molecule has 0 aliphatic heterocycles. The molecule has 0 aliphatic rings. The fraction of sp³-hybridized carbons (Fsp3) is 0.0909. The molecule has 1 amide bonds. The summed E-state index contributed by atoms with van der Waals surface area (Å²) in [6, 6.07) is 27.5. The number of benzene rings is 3. The van der Waals surface area contributed by atoms with Crippen molar-refractivity contribution in [3.63, 3.8) is 0 Å². The summed E-state index contributed by atoms with van der Waals surface area (Å²) in [7, 11) is 0. The van der Waals surface area contributed by atoms with E-state index < -0.39 is 0 Å². The molecule has 0 aromatic heterocycles. The highest BCUT2D eigenvalue weighted by atomic mass is 32.1. The van der Waals surface area contributed by atoms with E-state index >= 15 is 0 Å². The summed E-state index contributed by atoms with van der Waals surface area (Å²) in [6.07, 6.45) is 0. The Kier molecular flexibility index (Phi) is 5.77. The van der Waals surface area contributed by atoms with Gasteiger partial charge >= 0.3 is 0 Å². The molecule has 26 heavy (non-hydrogen) atoms. The fourth-order valence-electron chi connectivity index (χ4n) is 2.68. The molecule has 3 rings (SSSR count). The lowest BCUT2D eigenvalue weighted by Crippen LogP contribution is -2.40. The molecular weight excluding hydrogens is 340 g/mol. The van der Waals surface area contributed by atoms with Crippen LogP contribution in [-0.2, 0) is 0 Å². The van der Waals surface area contributed by atoms with Crippen molar-refractivity contribution in [2.45, 2.75) is 13.0 Å². The predicted octanol–water partition coefficient (Wildman–Crippen LogP) is 4.72. The normalized spacial score (nSPS) is 11.4. The summed E-state index contributed by atoms with van der Waals surface area (Å²) in [6.45, 7) is 2.00. The maximum Gasteiger partial charge on any atom is 0.257 e. The van der Waals surface area contributed by atoms with Crippen LogP contribution in [0.15, 0.2) is 84.9 Å². The van der Waals surface area contributed by atoms with Crippen LogP contribution in [0.4, 0.5) is 0 Å². The Labute approximate surface area is 159 Å². The van der Waals surface area contributed by atoms with E-state index in [4.69, 9.17) is 12.2 Å². The van der Waals surface area contributed by atoms with Crippen molar-refractivity contribution in [3.8, 4) is 11.1 Å². The van der Waals surface area contributed by atoms with Crippen molar-refractivity contribution in [1.82, 2.24) is 10.6 Å². The van der Waals surface area contributed by atoms with E-state index in [0.29, 0.717) is 10.7 Å². The van der Waals surface area contributed by atoms with Gasteiger partial charge in [-0.25, -0.2) is 0 Å². The second kappa shape index (κ2) is 8.41. The molecule has 0 radical (unpaired) electrons. The Morgan fingerprint density at radius 2 is 1.35 bits per heavy atom. The monoisotopic (exact) mass is 360 g/mol. The maximum atomic E-state index is 12.4. The van der Waals surface area contributed by atoms with Gasteiger partial charge in [-0.3, -0.25) is 10.1 Å². The van der Waals surface area contributed by atoms with Crippen LogP contribution in [-0.4, -0.2) is 11.0 Å². The van der Waals surface area contributed by atoms with Gasteiger partial charge in [0.15, 0.2) is 5.11 Å². The zero-order valence-corrected chi connectivity index (χ0v) is 15.3. The van der Waals surface area contributed by atoms with Gasteiger partial charge in [-0.1, -0.05) is 72.8 Å². The van der Waals surface area contributed by atoms with Crippen LogP contribution in [0.1, 0.15) is 28.9 Å². The number of hydrogen-bond acceptors (Lipinski definition) is 2. The maximum absolute atomic E-state index is 12.4. The van der Waals surface area contributed by atoms with Crippen LogP contribution in [0.25, 0.3) is 11.1 Å². The molecule has 3 aromatic rings. The van der Waals surface area contributed by atoms with Crippen molar-refractivity contribution in [1.29, 1.82) is 0 Å². The summed E-state index contributed by atoms with van der Waals surface area (Å²) >= 11 is 5.27. The molecule has 1 atom stereocenters. The van der Waals surface area contributed by atoms with Gasteiger partial charge in [0.25, 0.3) is 5.91 Å². The third kappa shape index (κ3) is 4.55. The van der Waals surface area contributed by atoms with E-state index in [2.05, 4.69) is 10.6 Å². The molecule has 0 heterocycles. The first-order chi connectivity index (χ1) is 12.6. The van der Waals surface area contributed by atoms with E-state index in [1.54, 1.807) is 12.1 Å². The summed E-state index contributed by atoms with van der Waals surface area (Å²) < 4.78 is 0. The van der Waals surface area contributed by atoms with Crippen LogP contribution in [0, 0.1) is 0 Å². The lowest BCUT2D eigenvalue weighted by Gasteiger charge is -2.16. The van der Waals surface area contributed by atoms with Crippen molar-refractivity contribution in [2.75, 3.05) is 0 Å². The number of rotatable bonds is 4. The molecule has 0 saturated heterocycles. The third-order valence-corrected chi connectivity index (χ3v) is 4.35. The van der Waals surface area contributed by atoms with Gasteiger partial charge < -0.3 is 5.32 Å². The SMILES string of the molecule is CC(NC(=S)NC(=O)c1ccc(-c2ccccc2)cc1)c1ccccc1. The van der Waals surface area contributed by atoms with Crippen LogP contribution < -0.4 is 10.6 Å². The van der Waals surface area contributed by atoms with Gasteiger partial charge in [0.05, 0.1) is 6.04 Å². The first-order valence-corrected chi connectivity index (χ1v) is 8.86. The summed E-state index contributed by atoms with van der Waals surface area (Å²) in [5.74, 6) is -0.220. The Bertz CT molecular complexity index is 877. The Balaban J connectivity index is 1.60. The van der Waals surface area contributed by atoms with E-state index in [1.165, 1.54) is 0 Å². The Hall–Kier alpha value is -2.98. The highest BCUT2D eigenvalue weighted by molar-refractivity contribution is 7.80. The number of thiocarbonyl (C=S) groups is 1. The van der Waals surface area contributed by atoms with Gasteiger partial charge in [-0.2, -0.15) is 0 Å². The molecule has 0 bridgehead atoms. The van der Waals surface area contributed by atoms with Gasteiger partial charge in [0.2, 0.25) is 0 Å². The van der Waals surface area contributed by atoms with Gasteiger partial charge in [0, 0.05) is 5.56 Å². The molecule has 3 nitrogen and oxygen atoms in total. The lowest BCUT2D eigenvalue weighted by molar-refractivity contribution is 0.0976. The van der Waals surface area contributed by atoms with Crippen molar-refractivity contribution in [3.05, 3.63) is 96.1 Å². The standard InChI is InChI=1S/C22H20N2OS/c1-16(17-8-4-2-5-9-17)23-22(26)24-21(25)20-14-12-19(13-15-20)18-10-6-3-7-11-18/h2-16H,1H3,(H2,23,24,25,26). The molecule has 4 heteroatoms. The molecular formula is C22H20N2OS. The smallest absolute Gasteiger partial charge is 0.257 e. The third-order valence-electron chi connectivity index (χ3n) is 4.13. The quantitative estimate of drug-likeness (QED) is 0.662. The molecule has 0 fully saturated rings. The van der Waals surface area contributed by atoms with E-state index in [-0.39, 0.29) is 11.9 Å². The molecule has 0 saturated carbocycles. The number of amides is 1. The second-order valence-electron chi connectivity index (χ2n) is 6.00. The minimum atomic E-state index is -0.220. The van der Waals surface area contributed by atoms with Gasteiger partial charge in [0.1, 0.15) is 0 Å². The molecule has 130 valence electrons. The number of carbonyl (C=O) groups excluding carboxylic acids is 1. The molecule has 2 N–H and O–H groups in total. The average molecular weight is 360 g/mol. The number of carbonyl (C=O) groups is 1. The average Bonchev–Trinajstić information content (AvgIpc) is 2.69. The zero-order valence-electron chi connectivity index (χ0n) is 14.5. The minimum absolute atomic E-state index is 0.0180. The van der Waals surface area contributed by atoms with Gasteiger partial charge in [-0.05, 0) is 48.0 Å². The summed E-state index contributed by atoms with van der Waals surface area (Å²) in [5.41, 5.74) is 3.87. The first-order valence-electron chi connectivity index (χ1n) is 8.46. The summed E-state index contributed by atoms with van der Waals surface area (Å²) in [5, 5.41) is 6.19. The fourth-order valence-corrected chi connectivity index (χ4v) is 2.95. The van der Waals surface area contributed by atoms with Gasteiger partial charge in [-0.15, -0.1) is 0 Å². The minimum Gasteiger partial charge on any atom is -0.356 e. The Morgan fingerprint density at radius 3 is 1.96 bits per heavy atom.